The summed E-state index contributed by atoms with van der Waals surface area (Å²) in [6, 6.07) is 15.5. The zero-order valence-electron chi connectivity index (χ0n) is 15.6. The lowest BCUT2D eigenvalue weighted by atomic mass is 10.2. The van der Waals surface area contributed by atoms with Gasteiger partial charge in [0.25, 0.3) is 5.91 Å². The van der Waals surface area contributed by atoms with Gasteiger partial charge in [0, 0.05) is 43.8 Å². The van der Waals surface area contributed by atoms with Gasteiger partial charge in [-0.25, -0.2) is 4.39 Å². The number of hydrogen-bond acceptors (Lipinski definition) is 5. The minimum Gasteiger partial charge on any atom is -0.497 e. The average molecular weight is 380 g/mol. The van der Waals surface area contributed by atoms with Gasteiger partial charge in [-0.1, -0.05) is 0 Å². The van der Waals surface area contributed by atoms with E-state index < -0.39 is 0 Å². The number of ether oxygens (including phenoxy) is 1. The maximum absolute atomic E-state index is 13.1. The van der Waals surface area contributed by atoms with Gasteiger partial charge in [-0.15, -0.1) is 0 Å². The maximum atomic E-state index is 13.1. The topological polar surface area (TPSA) is 68.6 Å². The van der Waals surface area contributed by atoms with Crippen LogP contribution in [0.4, 0.5) is 15.8 Å². The van der Waals surface area contributed by atoms with Crippen LogP contribution in [0, 0.1) is 17.1 Å². The number of benzene rings is 2. The lowest BCUT2D eigenvalue weighted by Gasteiger charge is -2.36. The molecular weight excluding hydrogens is 359 g/mol. The fourth-order valence-electron chi connectivity index (χ4n) is 2.97. The zero-order valence-corrected chi connectivity index (χ0v) is 15.6. The molecule has 7 heteroatoms. The standard InChI is InChI=1S/C21H21FN4O2/c1-28-20-8-4-18(5-9-20)24-15-16(14-23)21(27)26-12-10-25(11-13-26)19-6-2-17(22)3-7-19/h2-9,15,24H,10-13H2,1H3/b16-15-. The second-order valence-corrected chi connectivity index (χ2v) is 6.30. The molecule has 0 aromatic heterocycles. The number of piperazine rings is 1. The molecule has 2 aromatic carbocycles. The van der Waals surface area contributed by atoms with Gasteiger partial charge in [0.2, 0.25) is 0 Å². The van der Waals surface area contributed by atoms with Crippen LogP contribution in [0.15, 0.2) is 60.3 Å². The third-order valence-electron chi connectivity index (χ3n) is 4.58. The van der Waals surface area contributed by atoms with Crippen LogP contribution in [0.25, 0.3) is 0 Å². The van der Waals surface area contributed by atoms with Crippen LogP contribution in [0.1, 0.15) is 0 Å². The molecule has 1 N–H and O–H groups in total. The van der Waals surface area contributed by atoms with Gasteiger partial charge in [-0.3, -0.25) is 4.79 Å². The van der Waals surface area contributed by atoms with Crippen molar-refractivity contribution in [3.05, 3.63) is 66.1 Å². The third-order valence-corrected chi connectivity index (χ3v) is 4.58. The SMILES string of the molecule is COc1ccc(N/C=C(/C#N)C(=O)N2CCN(c3ccc(F)cc3)CC2)cc1. The van der Waals surface area contributed by atoms with Crippen LogP contribution < -0.4 is 15.0 Å². The summed E-state index contributed by atoms with van der Waals surface area (Å²) in [5, 5.41) is 12.3. The number of carbonyl (C=O) groups is 1. The van der Waals surface area contributed by atoms with E-state index in [1.807, 2.05) is 6.07 Å². The lowest BCUT2D eigenvalue weighted by molar-refractivity contribution is -0.127. The molecule has 0 unspecified atom stereocenters. The molecule has 1 aliphatic rings. The van der Waals surface area contributed by atoms with Gasteiger partial charge in [0.1, 0.15) is 23.2 Å². The highest BCUT2D eigenvalue weighted by atomic mass is 19.1. The molecule has 0 bridgehead atoms. The Balaban J connectivity index is 1.59. The number of nitriles is 1. The monoisotopic (exact) mass is 380 g/mol. The van der Waals surface area contributed by atoms with Crippen LogP contribution in [0.5, 0.6) is 5.75 Å². The second-order valence-electron chi connectivity index (χ2n) is 6.30. The van der Waals surface area contributed by atoms with Crippen molar-refractivity contribution in [1.29, 1.82) is 5.26 Å². The van der Waals surface area contributed by atoms with Crippen molar-refractivity contribution in [3.8, 4) is 11.8 Å². The molecular formula is C21H21FN4O2. The fourth-order valence-corrected chi connectivity index (χ4v) is 2.97. The maximum Gasteiger partial charge on any atom is 0.266 e. The minimum absolute atomic E-state index is 0.0473. The summed E-state index contributed by atoms with van der Waals surface area (Å²) in [6.45, 7) is 2.25. The number of anilines is 2. The third kappa shape index (κ3) is 4.60. The largest absolute Gasteiger partial charge is 0.497 e. The molecule has 2 aromatic rings. The smallest absolute Gasteiger partial charge is 0.266 e. The first-order valence-electron chi connectivity index (χ1n) is 8.91. The summed E-state index contributed by atoms with van der Waals surface area (Å²) in [5.74, 6) is 0.151. The van der Waals surface area contributed by atoms with Gasteiger partial charge >= 0.3 is 0 Å². The fraction of sp³-hybridized carbons (Fsp3) is 0.238. The molecule has 1 fully saturated rings. The van der Waals surface area contributed by atoms with E-state index in [4.69, 9.17) is 4.74 Å². The number of nitrogens with zero attached hydrogens (tertiary/aromatic N) is 3. The molecule has 1 heterocycles. The van der Waals surface area contributed by atoms with Crippen molar-refractivity contribution >= 4 is 17.3 Å². The van der Waals surface area contributed by atoms with E-state index in [9.17, 15) is 14.4 Å². The van der Waals surface area contributed by atoms with Gasteiger partial charge in [0.15, 0.2) is 0 Å². The van der Waals surface area contributed by atoms with Crippen molar-refractivity contribution in [2.45, 2.75) is 0 Å². The molecule has 0 saturated carbocycles. The Morgan fingerprint density at radius 3 is 2.32 bits per heavy atom. The van der Waals surface area contributed by atoms with Crippen LogP contribution in [0.3, 0.4) is 0 Å². The quantitative estimate of drug-likeness (QED) is 0.638. The van der Waals surface area contributed by atoms with Crippen molar-refractivity contribution < 1.29 is 13.9 Å². The van der Waals surface area contributed by atoms with E-state index in [-0.39, 0.29) is 17.3 Å². The highest BCUT2D eigenvalue weighted by molar-refractivity contribution is 5.97. The lowest BCUT2D eigenvalue weighted by Crippen LogP contribution is -2.49. The molecule has 0 radical (unpaired) electrons. The highest BCUT2D eigenvalue weighted by Gasteiger charge is 2.23. The predicted molar refractivity (Wildman–Crippen MR) is 106 cm³/mol. The minimum atomic E-state index is -0.303. The van der Waals surface area contributed by atoms with E-state index in [1.165, 1.54) is 18.3 Å². The summed E-state index contributed by atoms with van der Waals surface area (Å²) < 4.78 is 18.2. The van der Waals surface area contributed by atoms with E-state index in [0.29, 0.717) is 26.2 Å². The van der Waals surface area contributed by atoms with Gasteiger partial charge in [0.05, 0.1) is 7.11 Å². The van der Waals surface area contributed by atoms with Crippen LogP contribution in [0.2, 0.25) is 0 Å². The first kappa shape index (κ1) is 19.2. The number of methoxy groups -OCH3 is 1. The molecule has 1 aliphatic heterocycles. The number of halogens is 1. The Morgan fingerprint density at radius 2 is 1.75 bits per heavy atom. The summed E-state index contributed by atoms with van der Waals surface area (Å²) in [6.07, 6.45) is 1.43. The predicted octanol–water partition coefficient (Wildman–Crippen LogP) is 3.00. The van der Waals surface area contributed by atoms with Crippen LogP contribution in [-0.2, 0) is 4.79 Å². The summed E-state index contributed by atoms with van der Waals surface area (Å²) in [5.41, 5.74) is 1.72. The molecule has 0 atom stereocenters. The van der Waals surface area contributed by atoms with Crippen LogP contribution >= 0.6 is 0 Å². The molecule has 0 spiro atoms. The van der Waals surface area contributed by atoms with Crippen molar-refractivity contribution in [2.75, 3.05) is 43.5 Å². The molecule has 144 valence electrons. The van der Waals surface area contributed by atoms with Gasteiger partial charge in [-0.2, -0.15) is 5.26 Å². The van der Waals surface area contributed by atoms with Crippen molar-refractivity contribution in [1.82, 2.24) is 4.90 Å². The first-order chi connectivity index (χ1) is 13.6. The molecule has 6 nitrogen and oxygen atoms in total. The Morgan fingerprint density at radius 1 is 1.11 bits per heavy atom. The van der Waals surface area contributed by atoms with E-state index >= 15 is 0 Å². The Labute approximate surface area is 163 Å². The Bertz CT molecular complexity index is 880. The highest BCUT2D eigenvalue weighted by Crippen LogP contribution is 2.18. The molecule has 28 heavy (non-hydrogen) atoms. The summed E-state index contributed by atoms with van der Waals surface area (Å²) in [4.78, 5) is 16.4. The van der Waals surface area contributed by atoms with Crippen LogP contribution in [-0.4, -0.2) is 44.1 Å². The first-order valence-corrected chi connectivity index (χ1v) is 8.91. The Kier molecular flexibility index (Phi) is 6.12. The Hall–Kier alpha value is -3.53. The average Bonchev–Trinajstić information content (AvgIpc) is 2.75. The molecule has 1 saturated heterocycles. The summed E-state index contributed by atoms with van der Waals surface area (Å²) in [7, 11) is 1.59. The van der Waals surface area contributed by atoms with E-state index in [0.717, 1.165) is 17.1 Å². The second kappa shape index (κ2) is 8.91. The van der Waals surface area contributed by atoms with Gasteiger partial charge < -0.3 is 19.9 Å². The number of amides is 1. The molecule has 3 rings (SSSR count). The van der Waals surface area contributed by atoms with E-state index in [2.05, 4.69) is 10.2 Å². The number of carbonyl (C=O) groups excluding carboxylic acids is 1. The van der Waals surface area contributed by atoms with Gasteiger partial charge in [-0.05, 0) is 48.5 Å². The zero-order chi connectivity index (χ0) is 19.9. The van der Waals surface area contributed by atoms with Crippen molar-refractivity contribution in [3.63, 3.8) is 0 Å². The summed E-state index contributed by atoms with van der Waals surface area (Å²) >= 11 is 0. The molecule has 0 aliphatic carbocycles. The molecule has 1 amide bonds. The number of hydrogen-bond donors (Lipinski definition) is 1. The normalized spacial score (nSPS) is 14.4. The van der Waals surface area contributed by atoms with E-state index in [1.54, 1.807) is 48.4 Å². The van der Waals surface area contributed by atoms with Crippen molar-refractivity contribution in [2.24, 2.45) is 0 Å². The number of rotatable bonds is 5. The number of nitrogens with one attached hydrogen (secondary N) is 1.